The Kier molecular flexibility index (Phi) is 4.83. The molecule has 0 spiro atoms. The SMILES string of the molecule is COCOc1cc(C(F)(F)F)ccc1-c1cccc(Cl)c1O. The molecule has 0 saturated heterocycles. The lowest BCUT2D eigenvalue weighted by Gasteiger charge is -2.15. The Morgan fingerprint density at radius 3 is 2.50 bits per heavy atom. The van der Waals surface area contributed by atoms with Gasteiger partial charge in [0.05, 0.1) is 10.6 Å². The number of rotatable bonds is 4. The van der Waals surface area contributed by atoms with E-state index >= 15 is 0 Å². The highest BCUT2D eigenvalue weighted by Gasteiger charge is 2.31. The van der Waals surface area contributed by atoms with Crippen LogP contribution in [0.15, 0.2) is 36.4 Å². The molecule has 0 radical (unpaired) electrons. The predicted octanol–water partition coefficient (Wildman–Crippen LogP) is 4.71. The van der Waals surface area contributed by atoms with E-state index in [1.165, 1.54) is 25.3 Å². The van der Waals surface area contributed by atoms with Gasteiger partial charge in [-0.2, -0.15) is 13.2 Å². The summed E-state index contributed by atoms with van der Waals surface area (Å²) in [6.07, 6.45) is -4.50. The molecule has 0 aliphatic heterocycles. The molecule has 3 nitrogen and oxygen atoms in total. The highest BCUT2D eigenvalue weighted by atomic mass is 35.5. The van der Waals surface area contributed by atoms with Gasteiger partial charge in [-0.05, 0) is 24.3 Å². The molecule has 0 fully saturated rings. The third-order valence-electron chi connectivity index (χ3n) is 2.92. The van der Waals surface area contributed by atoms with Gasteiger partial charge in [0, 0.05) is 18.2 Å². The van der Waals surface area contributed by atoms with Gasteiger partial charge in [0.25, 0.3) is 0 Å². The van der Waals surface area contributed by atoms with Crippen LogP contribution in [-0.2, 0) is 10.9 Å². The summed E-state index contributed by atoms with van der Waals surface area (Å²) in [5.74, 6) is -0.291. The molecule has 0 atom stereocenters. The highest BCUT2D eigenvalue weighted by Crippen LogP contribution is 2.42. The van der Waals surface area contributed by atoms with Crippen LogP contribution < -0.4 is 4.74 Å². The minimum absolute atomic E-state index is 0.0609. The number of ether oxygens (including phenoxy) is 2. The van der Waals surface area contributed by atoms with Crippen molar-refractivity contribution in [1.29, 1.82) is 0 Å². The second-order valence-corrected chi connectivity index (χ2v) is 4.80. The van der Waals surface area contributed by atoms with Crippen LogP contribution in [0.2, 0.25) is 5.02 Å². The van der Waals surface area contributed by atoms with Crippen LogP contribution in [0, 0.1) is 0 Å². The summed E-state index contributed by atoms with van der Waals surface area (Å²) in [7, 11) is 1.35. The molecule has 2 aromatic rings. The lowest BCUT2D eigenvalue weighted by molar-refractivity contribution is -0.137. The van der Waals surface area contributed by atoms with E-state index in [1.807, 2.05) is 0 Å². The maximum absolute atomic E-state index is 12.8. The Morgan fingerprint density at radius 1 is 1.14 bits per heavy atom. The van der Waals surface area contributed by atoms with Gasteiger partial charge >= 0.3 is 6.18 Å². The van der Waals surface area contributed by atoms with E-state index in [1.54, 1.807) is 6.07 Å². The van der Waals surface area contributed by atoms with Crippen molar-refractivity contribution in [3.8, 4) is 22.6 Å². The van der Waals surface area contributed by atoms with E-state index < -0.39 is 11.7 Å². The molecule has 0 aliphatic carbocycles. The van der Waals surface area contributed by atoms with Crippen molar-refractivity contribution in [2.24, 2.45) is 0 Å². The van der Waals surface area contributed by atoms with Gasteiger partial charge in [-0.15, -0.1) is 0 Å². The molecule has 22 heavy (non-hydrogen) atoms. The fraction of sp³-hybridized carbons (Fsp3) is 0.200. The summed E-state index contributed by atoms with van der Waals surface area (Å²) in [6, 6.07) is 7.57. The Morgan fingerprint density at radius 2 is 1.86 bits per heavy atom. The molecule has 2 aromatic carbocycles. The molecular formula is C15H12ClF3O3. The minimum atomic E-state index is -4.50. The molecule has 1 N–H and O–H groups in total. The Hall–Kier alpha value is -1.92. The molecule has 2 rings (SSSR count). The van der Waals surface area contributed by atoms with E-state index in [4.69, 9.17) is 21.1 Å². The largest absolute Gasteiger partial charge is 0.506 e. The van der Waals surface area contributed by atoms with E-state index in [0.29, 0.717) is 0 Å². The van der Waals surface area contributed by atoms with Gasteiger partial charge in [0.2, 0.25) is 0 Å². The standard InChI is InChI=1S/C15H12ClF3O3/c1-21-8-22-13-7-9(15(17,18)19)5-6-10(13)11-3-2-4-12(16)14(11)20/h2-7,20H,8H2,1H3. The van der Waals surface area contributed by atoms with Crippen LogP contribution >= 0.6 is 11.6 Å². The zero-order valence-electron chi connectivity index (χ0n) is 11.4. The fourth-order valence-electron chi connectivity index (χ4n) is 1.90. The molecule has 0 bridgehead atoms. The quantitative estimate of drug-likeness (QED) is 0.824. The van der Waals surface area contributed by atoms with E-state index in [2.05, 4.69) is 0 Å². The minimum Gasteiger partial charge on any atom is -0.506 e. The molecule has 0 unspecified atom stereocenters. The fourth-order valence-corrected chi connectivity index (χ4v) is 2.07. The third kappa shape index (κ3) is 3.45. The van der Waals surface area contributed by atoms with Crippen molar-refractivity contribution in [3.05, 3.63) is 47.0 Å². The van der Waals surface area contributed by atoms with E-state index in [-0.39, 0.29) is 34.4 Å². The first kappa shape index (κ1) is 16.5. The van der Waals surface area contributed by atoms with E-state index in [0.717, 1.165) is 12.1 Å². The number of alkyl halides is 3. The first-order chi connectivity index (χ1) is 10.3. The van der Waals surface area contributed by atoms with Gasteiger partial charge in [0.1, 0.15) is 11.5 Å². The number of hydrogen-bond acceptors (Lipinski definition) is 3. The van der Waals surface area contributed by atoms with E-state index in [9.17, 15) is 18.3 Å². The van der Waals surface area contributed by atoms with Crippen molar-refractivity contribution in [2.45, 2.75) is 6.18 Å². The van der Waals surface area contributed by atoms with Gasteiger partial charge in [-0.3, -0.25) is 0 Å². The van der Waals surface area contributed by atoms with Crippen LogP contribution in [0.25, 0.3) is 11.1 Å². The number of phenols is 1. The Labute approximate surface area is 129 Å². The second-order valence-electron chi connectivity index (χ2n) is 4.40. The summed E-state index contributed by atoms with van der Waals surface area (Å²) in [5.41, 5.74) is -0.304. The summed E-state index contributed by atoms with van der Waals surface area (Å²) < 4.78 is 48.3. The first-order valence-electron chi connectivity index (χ1n) is 6.15. The number of para-hydroxylation sites is 1. The molecule has 0 heterocycles. The summed E-state index contributed by atoms with van der Waals surface area (Å²) >= 11 is 5.83. The molecule has 0 aromatic heterocycles. The average molecular weight is 333 g/mol. The van der Waals surface area contributed by atoms with Gasteiger partial charge in [0.15, 0.2) is 6.79 Å². The van der Waals surface area contributed by atoms with Crippen LogP contribution in [0.4, 0.5) is 13.2 Å². The second kappa shape index (κ2) is 6.46. The summed E-state index contributed by atoms with van der Waals surface area (Å²) in [6.45, 7) is -0.227. The lowest BCUT2D eigenvalue weighted by Crippen LogP contribution is -2.07. The Balaban J connectivity index is 2.57. The monoisotopic (exact) mass is 332 g/mol. The third-order valence-corrected chi connectivity index (χ3v) is 3.22. The molecule has 0 aliphatic rings. The zero-order chi connectivity index (χ0) is 16.3. The normalized spacial score (nSPS) is 11.5. The maximum atomic E-state index is 12.8. The lowest BCUT2D eigenvalue weighted by atomic mass is 10.0. The molecular weight excluding hydrogens is 321 g/mol. The predicted molar refractivity (Wildman–Crippen MR) is 76.1 cm³/mol. The average Bonchev–Trinajstić information content (AvgIpc) is 2.47. The number of methoxy groups -OCH3 is 1. The molecule has 0 amide bonds. The number of phenolic OH excluding ortho intramolecular Hbond substituents is 1. The topological polar surface area (TPSA) is 38.7 Å². The number of hydrogen-bond donors (Lipinski definition) is 1. The molecule has 7 heteroatoms. The summed E-state index contributed by atoms with van der Waals surface area (Å²) in [4.78, 5) is 0. The van der Waals surface area contributed by atoms with Crippen molar-refractivity contribution in [1.82, 2.24) is 0 Å². The smallest absolute Gasteiger partial charge is 0.416 e. The van der Waals surface area contributed by atoms with Gasteiger partial charge < -0.3 is 14.6 Å². The van der Waals surface area contributed by atoms with Crippen molar-refractivity contribution >= 4 is 11.6 Å². The Bertz CT molecular complexity index is 672. The molecule has 0 saturated carbocycles. The van der Waals surface area contributed by atoms with Crippen LogP contribution in [-0.4, -0.2) is 19.0 Å². The highest BCUT2D eigenvalue weighted by molar-refractivity contribution is 6.32. The first-order valence-corrected chi connectivity index (χ1v) is 6.53. The summed E-state index contributed by atoms with van der Waals surface area (Å²) in [5, 5.41) is 10.1. The number of benzene rings is 2. The van der Waals surface area contributed by atoms with Crippen molar-refractivity contribution < 1.29 is 27.8 Å². The van der Waals surface area contributed by atoms with Crippen molar-refractivity contribution in [3.63, 3.8) is 0 Å². The van der Waals surface area contributed by atoms with Crippen LogP contribution in [0.1, 0.15) is 5.56 Å². The number of aromatic hydroxyl groups is 1. The van der Waals surface area contributed by atoms with Gasteiger partial charge in [-0.1, -0.05) is 23.7 Å². The van der Waals surface area contributed by atoms with Crippen LogP contribution in [0.5, 0.6) is 11.5 Å². The van der Waals surface area contributed by atoms with Crippen LogP contribution in [0.3, 0.4) is 0 Å². The zero-order valence-corrected chi connectivity index (χ0v) is 12.2. The number of halogens is 4. The van der Waals surface area contributed by atoms with Gasteiger partial charge in [-0.25, -0.2) is 0 Å². The molecule has 118 valence electrons. The van der Waals surface area contributed by atoms with Crippen molar-refractivity contribution in [2.75, 3.05) is 13.9 Å². The maximum Gasteiger partial charge on any atom is 0.416 e.